The Balaban J connectivity index is 1.58. The van der Waals surface area contributed by atoms with Crippen LogP contribution in [0.25, 0.3) is 0 Å². The van der Waals surface area contributed by atoms with Gasteiger partial charge < -0.3 is 62.3 Å². The lowest BCUT2D eigenvalue weighted by atomic mass is 9.92. The summed E-state index contributed by atoms with van der Waals surface area (Å²) in [5.41, 5.74) is 2.81. The number of Topliss-reactive ketones (excluding diaryl/α,β-unsaturated/α-hetero) is 2. The number of thiocarbonyl (C=S) groups is 1. The molecule has 0 bridgehead atoms. The Labute approximate surface area is 585 Å². The number of nitrogens with zero attached hydrogens (tertiary/aromatic N) is 4. The molecule has 4 atom stereocenters. The lowest BCUT2D eigenvalue weighted by Crippen LogP contribution is -2.53. The predicted molar refractivity (Wildman–Crippen MR) is 371 cm³/mol. The normalized spacial score (nSPS) is 15.2. The fraction of sp³-hybridized carbons (Fsp3) is 0.627. The number of ketones is 2. The number of benzene rings is 2. The van der Waals surface area contributed by atoms with Gasteiger partial charge in [-0.1, -0.05) is 80.7 Å². The summed E-state index contributed by atoms with van der Waals surface area (Å²) in [7, 11) is 0. The summed E-state index contributed by atoms with van der Waals surface area (Å²) in [5.74, 6) is -9.71. The number of aryl methyl sites for hydroxylation is 1. The number of aliphatic carboxylic acids is 7. The van der Waals surface area contributed by atoms with Gasteiger partial charge in [0.1, 0.15) is 23.7 Å². The van der Waals surface area contributed by atoms with E-state index in [1.54, 1.807) is 19.6 Å². The van der Waals surface area contributed by atoms with Gasteiger partial charge in [-0.15, -0.1) is 0 Å². The van der Waals surface area contributed by atoms with Crippen LogP contribution in [0.15, 0.2) is 48.5 Å². The molecule has 0 aromatic heterocycles. The highest BCUT2D eigenvalue weighted by Crippen LogP contribution is 2.20. The highest BCUT2D eigenvalue weighted by molar-refractivity contribution is 14.1. The monoisotopic (exact) mass is 1490 g/mol. The van der Waals surface area contributed by atoms with Crippen molar-refractivity contribution in [3.8, 4) is 0 Å². The highest BCUT2D eigenvalue weighted by Gasteiger charge is 2.30. The second-order valence-electron chi connectivity index (χ2n) is 24.7. The van der Waals surface area contributed by atoms with E-state index >= 15 is 0 Å². The number of unbranched alkanes of at least 4 members (excludes halogenated alkanes) is 7. The Morgan fingerprint density at radius 3 is 1.56 bits per heavy atom. The van der Waals surface area contributed by atoms with E-state index in [0.29, 0.717) is 88.7 Å². The molecule has 2 aromatic carbocycles. The number of amides is 4. The molecular formula is C67H100IN9O19S. The third kappa shape index (κ3) is 40.3. The molecule has 1 aliphatic rings. The average molecular weight is 1490 g/mol. The molecule has 0 saturated carbocycles. The number of nitrogens with one attached hydrogen (secondary N) is 5. The summed E-state index contributed by atoms with van der Waals surface area (Å²) in [6.07, 6.45) is 9.14. The van der Waals surface area contributed by atoms with Crippen molar-refractivity contribution in [3.63, 3.8) is 0 Å². The number of carboxylic acids is 7. The maximum absolute atomic E-state index is 13.9. The second-order valence-corrected chi connectivity index (χ2v) is 26.4. The third-order valence-electron chi connectivity index (χ3n) is 16.5. The maximum atomic E-state index is 13.9. The first-order valence-corrected chi connectivity index (χ1v) is 34.9. The first kappa shape index (κ1) is 84.0. The van der Waals surface area contributed by atoms with Crippen LogP contribution in [0, 0.1) is 9.49 Å². The summed E-state index contributed by atoms with van der Waals surface area (Å²) in [5, 5.41) is 81.0. The quantitative estimate of drug-likeness (QED) is 0.0237. The molecule has 28 nitrogen and oxygen atoms in total. The fourth-order valence-corrected chi connectivity index (χ4v) is 11.9. The largest absolute Gasteiger partial charge is 0.481 e. The summed E-state index contributed by atoms with van der Waals surface area (Å²) in [6, 6.07) is 11.8. The summed E-state index contributed by atoms with van der Waals surface area (Å²) in [4.78, 5) is 154. The summed E-state index contributed by atoms with van der Waals surface area (Å²) >= 11 is 7.95. The minimum absolute atomic E-state index is 0.0441. The Hall–Kier alpha value is -7.26. The Morgan fingerprint density at radius 1 is 0.464 bits per heavy atom. The molecule has 12 N–H and O–H groups in total. The van der Waals surface area contributed by atoms with E-state index in [1.807, 2.05) is 48.5 Å². The van der Waals surface area contributed by atoms with Crippen molar-refractivity contribution >= 4 is 111 Å². The van der Waals surface area contributed by atoms with Gasteiger partial charge in [-0.2, -0.15) is 0 Å². The van der Waals surface area contributed by atoms with E-state index in [0.717, 1.165) is 45.9 Å². The summed E-state index contributed by atoms with van der Waals surface area (Å²) < 4.78 is 1.13. The number of carboxylic acid groups (broad SMARTS) is 7. The van der Waals surface area contributed by atoms with Gasteiger partial charge in [0.15, 0.2) is 0 Å². The number of urea groups is 1. The van der Waals surface area contributed by atoms with Gasteiger partial charge in [-0.3, -0.25) is 62.8 Å². The van der Waals surface area contributed by atoms with E-state index in [9.17, 15) is 88.2 Å². The first-order valence-electron chi connectivity index (χ1n) is 33.4. The number of rotatable bonds is 49. The van der Waals surface area contributed by atoms with Gasteiger partial charge in [0.05, 0.1) is 31.2 Å². The third-order valence-corrected chi connectivity index (χ3v) is 17.6. The standard InChI is InChI=1S/C67H100IN9O19S/c68-51-26-24-47(25-27-51)13-11-18-57(80)69-30-10-8-17-55(65(92)93)72-64(91)50(41-54(79)16-6-4-2-1-3-5-15-53(78)28-29-56(66(94)95)73-67(96)71-32-12-19-59(81)82)14-7-9-31-70-58(97)40-49-22-20-48(21-23-49)39-52-42-76(45-62(87)88)36-35-74(43-60(83)84)33-34-75(44-61(85)86)37-38-77(52)46-63(89)90/h20-27,50,52,55-56H,1-19,28-46H2,(H,69,80)(H,70,97)(H,72,91)(H,81,82)(H,83,84)(H,85,86)(H,87,88)(H,89,90)(H,92,93)(H,94,95)(H2,71,73,96). The van der Waals surface area contributed by atoms with Gasteiger partial charge in [0.2, 0.25) is 11.8 Å². The molecule has 0 spiro atoms. The van der Waals surface area contributed by atoms with Crippen LogP contribution in [0.4, 0.5) is 4.79 Å². The van der Waals surface area contributed by atoms with Crippen molar-refractivity contribution in [2.75, 3.05) is 91.6 Å². The number of hydrogen-bond donors (Lipinski definition) is 12. The van der Waals surface area contributed by atoms with E-state index in [1.165, 1.54) is 0 Å². The zero-order chi connectivity index (χ0) is 71.5. The molecule has 1 fully saturated rings. The Kier molecular flexibility index (Phi) is 41.9. The molecule has 0 radical (unpaired) electrons. The van der Waals surface area contributed by atoms with Crippen molar-refractivity contribution in [2.45, 2.75) is 172 Å². The molecule has 4 unspecified atom stereocenters. The topological polar surface area (TPSA) is 420 Å². The predicted octanol–water partition coefficient (Wildman–Crippen LogP) is 4.93. The van der Waals surface area contributed by atoms with E-state index in [4.69, 9.17) is 17.3 Å². The second kappa shape index (κ2) is 48.5. The smallest absolute Gasteiger partial charge is 0.326 e. The van der Waals surface area contributed by atoms with Crippen LogP contribution in [-0.2, 0) is 72.0 Å². The van der Waals surface area contributed by atoms with Crippen molar-refractivity contribution in [2.24, 2.45) is 5.92 Å². The van der Waals surface area contributed by atoms with Gasteiger partial charge in [0.25, 0.3) is 0 Å². The van der Waals surface area contributed by atoms with Crippen LogP contribution in [0.1, 0.15) is 152 Å². The average Bonchev–Trinajstić information content (AvgIpc) is 1.12. The number of hydrogen-bond acceptors (Lipinski definition) is 17. The highest BCUT2D eigenvalue weighted by atomic mass is 127. The molecule has 3 rings (SSSR count). The van der Waals surface area contributed by atoms with E-state index in [-0.39, 0.29) is 147 Å². The van der Waals surface area contributed by atoms with Crippen molar-refractivity contribution in [3.05, 3.63) is 68.8 Å². The van der Waals surface area contributed by atoms with Gasteiger partial charge in [-0.05, 0) is 128 Å². The van der Waals surface area contributed by atoms with Gasteiger partial charge in [-0.25, -0.2) is 14.4 Å². The number of halogens is 1. The van der Waals surface area contributed by atoms with E-state index in [2.05, 4.69) is 49.2 Å². The van der Waals surface area contributed by atoms with Crippen LogP contribution in [0.5, 0.6) is 0 Å². The minimum atomic E-state index is -1.30. The number of carbonyl (C=O) groups excluding carboxylic acids is 5. The van der Waals surface area contributed by atoms with Crippen molar-refractivity contribution < 1.29 is 93.3 Å². The molecule has 1 aliphatic heterocycles. The molecule has 0 aliphatic carbocycles. The van der Waals surface area contributed by atoms with Crippen LogP contribution < -0.4 is 26.6 Å². The number of carbonyl (C=O) groups is 12. The SMILES string of the molecule is O=C(O)CCCNC(=O)NC(CCC(=O)CCCCCCCCC(=O)CC(CCCCNC(=S)Cc1ccc(CC2CN(CC(=O)O)CCN(CC(=O)O)CCN(CC(=O)O)CCN2CC(=O)O)cc1)C(=O)NC(CCCCNC(=O)CCCc1ccc(I)cc1)C(=O)O)C(=O)O. The molecule has 4 amide bonds. The lowest BCUT2D eigenvalue weighted by Gasteiger charge is -2.37. The van der Waals surface area contributed by atoms with Crippen LogP contribution in [0.3, 0.4) is 0 Å². The molecule has 1 heterocycles. The molecular weight excluding hydrogens is 1390 g/mol. The van der Waals surface area contributed by atoms with Crippen molar-refractivity contribution in [1.29, 1.82) is 0 Å². The maximum Gasteiger partial charge on any atom is 0.326 e. The van der Waals surface area contributed by atoms with Crippen LogP contribution in [-0.4, -0.2) is 241 Å². The lowest BCUT2D eigenvalue weighted by molar-refractivity contribution is -0.143. The Morgan fingerprint density at radius 2 is 0.969 bits per heavy atom. The van der Waals surface area contributed by atoms with Gasteiger partial charge >= 0.3 is 47.8 Å². The van der Waals surface area contributed by atoms with Gasteiger partial charge in [0, 0.05) is 126 Å². The van der Waals surface area contributed by atoms with Crippen LogP contribution in [0.2, 0.25) is 0 Å². The van der Waals surface area contributed by atoms with E-state index < -0.39 is 84.3 Å². The van der Waals surface area contributed by atoms with Crippen molar-refractivity contribution in [1.82, 2.24) is 46.2 Å². The zero-order valence-electron chi connectivity index (χ0n) is 55.4. The molecule has 1 saturated heterocycles. The molecule has 97 heavy (non-hydrogen) atoms. The molecule has 2 aromatic rings. The minimum Gasteiger partial charge on any atom is -0.481 e. The zero-order valence-corrected chi connectivity index (χ0v) is 58.4. The summed E-state index contributed by atoms with van der Waals surface area (Å²) in [6.45, 7) is 0.479. The fourth-order valence-electron chi connectivity index (χ4n) is 11.2. The first-order chi connectivity index (χ1) is 46.2. The molecule has 30 heteroatoms. The van der Waals surface area contributed by atoms with Crippen LogP contribution >= 0.6 is 34.8 Å². The molecule has 540 valence electrons. The Bertz CT molecular complexity index is 2860.